The minimum atomic E-state index is -3.54. The summed E-state index contributed by atoms with van der Waals surface area (Å²) in [7, 11) is -3.54. The van der Waals surface area contributed by atoms with Gasteiger partial charge >= 0.3 is 0 Å². The molecule has 1 fully saturated rings. The fraction of sp³-hybridized carbons (Fsp3) is 0.400. The van der Waals surface area contributed by atoms with Gasteiger partial charge in [-0.1, -0.05) is 0 Å². The molecule has 1 saturated heterocycles. The SMILES string of the molecule is Nc1cc(F)ccc1S(=O)(=O)N1CCCC1. The summed E-state index contributed by atoms with van der Waals surface area (Å²) >= 11 is 0. The Labute approximate surface area is 93.9 Å². The largest absolute Gasteiger partial charge is 0.398 e. The summed E-state index contributed by atoms with van der Waals surface area (Å²) in [6.45, 7) is 1.03. The second-order valence-electron chi connectivity index (χ2n) is 3.79. The predicted molar refractivity (Wildman–Crippen MR) is 58.8 cm³/mol. The van der Waals surface area contributed by atoms with Gasteiger partial charge in [0.1, 0.15) is 10.7 Å². The number of nitrogens with zero attached hydrogens (tertiary/aromatic N) is 1. The molecule has 4 nitrogen and oxygen atoms in total. The van der Waals surface area contributed by atoms with Gasteiger partial charge in [0.25, 0.3) is 0 Å². The Morgan fingerprint density at radius 3 is 2.44 bits per heavy atom. The van der Waals surface area contributed by atoms with Crippen molar-refractivity contribution in [3.05, 3.63) is 24.0 Å². The topological polar surface area (TPSA) is 63.4 Å². The van der Waals surface area contributed by atoms with E-state index >= 15 is 0 Å². The van der Waals surface area contributed by atoms with Crippen LogP contribution < -0.4 is 5.73 Å². The van der Waals surface area contributed by atoms with Crippen molar-refractivity contribution < 1.29 is 12.8 Å². The fourth-order valence-corrected chi connectivity index (χ4v) is 3.44. The summed E-state index contributed by atoms with van der Waals surface area (Å²) in [4.78, 5) is -0.00389. The van der Waals surface area contributed by atoms with Gasteiger partial charge < -0.3 is 5.73 Å². The highest BCUT2D eigenvalue weighted by Gasteiger charge is 2.28. The minimum absolute atomic E-state index is 0.00389. The van der Waals surface area contributed by atoms with E-state index < -0.39 is 15.8 Å². The fourth-order valence-electron chi connectivity index (χ4n) is 1.82. The first-order valence-electron chi connectivity index (χ1n) is 5.07. The van der Waals surface area contributed by atoms with Crippen LogP contribution in [0, 0.1) is 5.82 Å². The van der Waals surface area contributed by atoms with Crippen molar-refractivity contribution >= 4 is 15.7 Å². The molecule has 0 aliphatic carbocycles. The van der Waals surface area contributed by atoms with E-state index in [9.17, 15) is 12.8 Å². The molecule has 0 aromatic heterocycles. The van der Waals surface area contributed by atoms with Crippen molar-refractivity contribution in [2.24, 2.45) is 0 Å². The number of hydrogen-bond acceptors (Lipinski definition) is 3. The maximum Gasteiger partial charge on any atom is 0.245 e. The van der Waals surface area contributed by atoms with Gasteiger partial charge in [-0.3, -0.25) is 0 Å². The highest BCUT2D eigenvalue weighted by molar-refractivity contribution is 7.89. The van der Waals surface area contributed by atoms with E-state index in [-0.39, 0.29) is 10.6 Å². The molecular weight excluding hydrogens is 231 g/mol. The van der Waals surface area contributed by atoms with E-state index in [0.717, 1.165) is 25.0 Å². The number of sulfonamides is 1. The van der Waals surface area contributed by atoms with E-state index in [1.54, 1.807) is 0 Å². The normalized spacial score (nSPS) is 17.8. The Morgan fingerprint density at radius 2 is 1.88 bits per heavy atom. The van der Waals surface area contributed by atoms with Gasteiger partial charge in [0.15, 0.2) is 0 Å². The van der Waals surface area contributed by atoms with Gasteiger partial charge in [-0.05, 0) is 31.0 Å². The van der Waals surface area contributed by atoms with E-state index in [1.165, 1.54) is 10.4 Å². The number of benzene rings is 1. The van der Waals surface area contributed by atoms with Crippen molar-refractivity contribution in [1.29, 1.82) is 0 Å². The van der Waals surface area contributed by atoms with Crippen LogP contribution in [-0.2, 0) is 10.0 Å². The van der Waals surface area contributed by atoms with Crippen molar-refractivity contribution in [2.45, 2.75) is 17.7 Å². The van der Waals surface area contributed by atoms with Crippen molar-refractivity contribution in [3.8, 4) is 0 Å². The van der Waals surface area contributed by atoms with Gasteiger partial charge in [-0.15, -0.1) is 0 Å². The molecule has 88 valence electrons. The second-order valence-corrected chi connectivity index (χ2v) is 5.70. The first-order valence-corrected chi connectivity index (χ1v) is 6.51. The number of halogens is 1. The number of nitrogens with two attached hydrogens (primary N) is 1. The Hall–Kier alpha value is -1.14. The zero-order valence-corrected chi connectivity index (χ0v) is 9.50. The van der Waals surface area contributed by atoms with Gasteiger partial charge in [-0.25, -0.2) is 12.8 Å². The molecule has 1 aromatic carbocycles. The Kier molecular flexibility index (Phi) is 2.86. The number of anilines is 1. The third kappa shape index (κ3) is 1.90. The monoisotopic (exact) mass is 244 g/mol. The van der Waals surface area contributed by atoms with E-state index in [4.69, 9.17) is 5.73 Å². The zero-order chi connectivity index (χ0) is 11.8. The highest BCUT2D eigenvalue weighted by Crippen LogP contribution is 2.25. The van der Waals surface area contributed by atoms with Crippen LogP contribution >= 0.6 is 0 Å². The lowest BCUT2D eigenvalue weighted by atomic mass is 10.3. The maximum absolute atomic E-state index is 12.8. The first kappa shape index (κ1) is 11.3. The van der Waals surface area contributed by atoms with Crippen LogP contribution in [-0.4, -0.2) is 25.8 Å². The third-order valence-corrected chi connectivity index (χ3v) is 4.63. The van der Waals surface area contributed by atoms with Crippen LogP contribution in [0.15, 0.2) is 23.1 Å². The molecule has 1 heterocycles. The molecule has 1 aliphatic rings. The molecular formula is C10H13FN2O2S. The van der Waals surface area contributed by atoms with Gasteiger partial charge in [0.2, 0.25) is 10.0 Å². The van der Waals surface area contributed by atoms with Crippen LogP contribution in [0.5, 0.6) is 0 Å². The summed E-state index contributed by atoms with van der Waals surface area (Å²) < 4.78 is 38.4. The molecule has 0 spiro atoms. The van der Waals surface area contributed by atoms with Gasteiger partial charge in [-0.2, -0.15) is 4.31 Å². The lowest BCUT2D eigenvalue weighted by Gasteiger charge is -2.16. The van der Waals surface area contributed by atoms with E-state index in [0.29, 0.717) is 13.1 Å². The zero-order valence-electron chi connectivity index (χ0n) is 8.69. The molecule has 2 N–H and O–H groups in total. The smallest absolute Gasteiger partial charge is 0.245 e. The van der Waals surface area contributed by atoms with Crippen molar-refractivity contribution in [2.75, 3.05) is 18.8 Å². The van der Waals surface area contributed by atoms with Gasteiger partial charge in [0, 0.05) is 13.1 Å². The maximum atomic E-state index is 12.8. The summed E-state index contributed by atoms with van der Waals surface area (Å²) in [6.07, 6.45) is 1.72. The Balaban J connectivity index is 2.42. The molecule has 0 unspecified atom stereocenters. The quantitative estimate of drug-likeness (QED) is 0.795. The van der Waals surface area contributed by atoms with Crippen LogP contribution in [0.1, 0.15) is 12.8 Å². The summed E-state index contributed by atoms with van der Waals surface area (Å²) in [5, 5.41) is 0. The molecule has 16 heavy (non-hydrogen) atoms. The number of rotatable bonds is 2. The molecule has 1 aromatic rings. The molecule has 6 heteroatoms. The predicted octanol–water partition coefficient (Wildman–Crippen LogP) is 1.19. The number of nitrogen functional groups attached to an aromatic ring is 1. The van der Waals surface area contributed by atoms with Crippen molar-refractivity contribution in [3.63, 3.8) is 0 Å². The van der Waals surface area contributed by atoms with E-state index in [1.807, 2.05) is 0 Å². The summed E-state index contributed by atoms with van der Waals surface area (Å²) in [6, 6.07) is 3.36. The molecule has 0 amide bonds. The first-order chi connectivity index (χ1) is 7.51. The number of hydrogen-bond donors (Lipinski definition) is 1. The molecule has 2 rings (SSSR count). The van der Waals surface area contributed by atoms with Crippen LogP contribution in [0.25, 0.3) is 0 Å². The van der Waals surface area contributed by atoms with Crippen LogP contribution in [0.2, 0.25) is 0 Å². The molecule has 0 atom stereocenters. The standard InChI is InChI=1S/C10H13FN2O2S/c11-8-3-4-10(9(12)7-8)16(14,15)13-5-1-2-6-13/h3-4,7H,1-2,5-6,12H2. The Morgan fingerprint density at radius 1 is 1.25 bits per heavy atom. The lowest BCUT2D eigenvalue weighted by Crippen LogP contribution is -2.28. The lowest BCUT2D eigenvalue weighted by molar-refractivity contribution is 0.477. The van der Waals surface area contributed by atoms with Crippen molar-refractivity contribution in [1.82, 2.24) is 4.31 Å². The average Bonchev–Trinajstić information content (AvgIpc) is 2.69. The van der Waals surface area contributed by atoms with E-state index in [2.05, 4.69) is 0 Å². The highest BCUT2D eigenvalue weighted by atomic mass is 32.2. The average molecular weight is 244 g/mol. The molecule has 0 saturated carbocycles. The minimum Gasteiger partial charge on any atom is -0.398 e. The Bertz CT molecular complexity index is 496. The van der Waals surface area contributed by atoms with Gasteiger partial charge in [0.05, 0.1) is 5.69 Å². The second kappa shape index (κ2) is 4.03. The summed E-state index contributed by atoms with van der Waals surface area (Å²) in [5.41, 5.74) is 5.49. The molecule has 1 aliphatic heterocycles. The van der Waals surface area contributed by atoms with Crippen LogP contribution in [0.4, 0.5) is 10.1 Å². The summed E-state index contributed by atoms with van der Waals surface area (Å²) in [5.74, 6) is -0.530. The molecule has 0 radical (unpaired) electrons. The molecule has 0 bridgehead atoms. The third-order valence-electron chi connectivity index (χ3n) is 2.65. The van der Waals surface area contributed by atoms with Crippen LogP contribution in [0.3, 0.4) is 0 Å².